The minimum atomic E-state index is -4.71. The van der Waals surface area contributed by atoms with Gasteiger partial charge in [0, 0.05) is 18.4 Å². The predicted octanol–water partition coefficient (Wildman–Crippen LogP) is 3.97. The quantitative estimate of drug-likeness (QED) is 0.458. The van der Waals surface area contributed by atoms with Gasteiger partial charge >= 0.3 is 6.36 Å². The van der Waals surface area contributed by atoms with E-state index in [1.807, 2.05) is 0 Å². The Balaban J connectivity index is 1.19. The number of alkyl halides is 3. The molecule has 0 spiro atoms. The first-order valence-corrected chi connectivity index (χ1v) is 10.0. The lowest BCUT2D eigenvalue weighted by atomic mass is 10.1. The molecule has 4 aromatic rings. The highest BCUT2D eigenvalue weighted by molar-refractivity contribution is 5.85. The van der Waals surface area contributed by atoms with Crippen LogP contribution in [0.25, 0.3) is 11.0 Å². The van der Waals surface area contributed by atoms with E-state index in [4.69, 9.17) is 4.52 Å². The summed E-state index contributed by atoms with van der Waals surface area (Å²) < 4.78 is 46.2. The highest BCUT2D eigenvalue weighted by Gasteiger charge is 2.32. The van der Waals surface area contributed by atoms with Crippen LogP contribution in [0.4, 0.5) is 19.0 Å². The number of fused-ring (bicyclic) bond motifs is 1. The number of hydrogen-bond acceptors (Lipinski definition) is 8. The molecule has 12 heteroatoms. The van der Waals surface area contributed by atoms with Crippen molar-refractivity contribution in [2.45, 2.75) is 44.0 Å². The summed E-state index contributed by atoms with van der Waals surface area (Å²) in [6.45, 7) is 0. The summed E-state index contributed by atoms with van der Waals surface area (Å²) in [5.41, 5.74) is 1.43. The Morgan fingerprint density at radius 1 is 1.16 bits per heavy atom. The van der Waals surface area contributed by atoms with Gasteiger partial charge in [0.05, 0.1) is 11.6 Å². The van der Waals surface area contributed by atoms with Crippen LogP contribution in [-0.4, -0.2) is 42.7 Å². The molecule has 1 aromatic carbocycles. The van der Waals surface area contributed by atoms with Gasteiger partial charge in [0.1, 0.15) is 17.9 Å². The number of ether oxygens (including phenoxy) is 1. The number of rotatable bonds is 6. The molecule has 1 saturated carbocycles. The highest BCUT2D eigenvalue weighted by Crippen LogP contribution is 2.35. The van der Waals surface area contributed by atoms with E-state index >= 15 is 0 Å². The van der Waals surface area contributed by atoms with Gasteiger partial charge < -0.3 is 14.6 Å². The Morgan fingerprint density at radius 2 is 2.00 bits per heavy atom. The molecule has 0 amide bonds. The molecule has 5 rings (SSSR count). The molecule has 0 unspecified atom stereocenters. The number of nitrogens with zero attached hydrogens (tertiary/aromatic N) is 5. The van der Waals surface area contributed by atoms with Crippen LogP contribution >= 0.6 is 0 Å². The average molecular weight is 445 g/mol. The van der Waals surface area contributed by atoms with Crippen LogP contribution in [0.1, 0.15) is 42.5 Å². The molecule has 3 aromatic heterocycles. The van der Waals surface area contributed by atoms with Crippen molar-refractivity contribution in [1.82, 2.24) is 30.3 Å². The molecule has 0 aliphatic heterocycles. The third kappa shape index (κ3) is 4.48. The number of H-pyrrole nitrogens is 1. The Kier molecular flexibility index (Phi) is 5.11. The van der Waals surface area contributed by atoms with Crippen molar-refractivity contribution in [1.29, 1.82) is 0 Å². The first kappa shape index (κ1) is 20.2. The number of benzene rings is 1. The van der Waals surface area contributed by atoms with Crippen LogP contribution in [-0.2, 0) is 6.42 Å². The first-order valence-electron chi connectivity index (χ1n) is 10.0. The summed E-state index contributed by atoms with van der Waals surface area (Å²) in [5.74, 6) is 1.64. The molecule has 1 aliphatic rings. The van der Waals surface area contributed by atoms with Crippen LogP contribution in [0.5, 0.6) is 5.75 Å². The molecule has 166 valence electrons. The van der Waals surface area contributed by atoms with Crippen molar-refractivity contribution in [3.63, 3.8) is 0 Å². The summed E-state index contributed by atoms with van der Waals surface area (Å²) in [5, 5.41) is 15.1. The maximum atomic E-state index is 12.3. The smallest absolute Gasteiger partial charge is 0.406 e. The van der Waals surface area contributed by atoms with Crippen LogP contribution in [0.15, 0.2) is 41.3 Å². The number of hydrogen-bond donors (Lipinski definition) is 2. The topological polar surface area (TPSA) is 115 Å². The second kappa shape index (κ2) is 8.09. The zero-order valence-electron chi connectivity index (χ0n) is 16.6. The maximum absolute atomic E-state index is 12.3. The molecular weight excluding hydrogens is 427 g/mol. The number of halogens is 3. The summed E-state index contributed by atoms with van der Waals surface area (Å²) in [6, 6.07) is 5.82. The van der Waals surface area contributed by atoms with Crippen molar-refractivity contribution < 1.29 is 22.4 Å². The lowest BCUT2D eigenvalue weighted by Crippen LogP contribution is -2.17. The summed E-state index contributed by atoms with van der Waals surface area (Å²) in [4.78, 5) is 12.9. The van der Waals surface area contributed by atoms with Gasteiger partial charge in [-0.2, -0.15) is 10.1 Å². The minimum absolute atomic E-state index is 0.123. The van der Waals surface area contributed by atoms with Crippen LogP contribution in [0.3, 0.4) is 0 Å². The Bertz CT molecular complexity index is 1210. The molecule has 2 atom stereocenters. The van der Waals surface area contributed by atoms with Gasteiger partial charge in [-0.15, -0.1) is 13.2 Å². The molecule has 1 fully saturated rings. The molecular formula is C20H18F3N7O2. The van der Waals surface area contributed by atoms with Crippen molar-refractivity contribution in [3.8, 4) is 5.75 Å². The van der Waals surface area contributed by atoms with Gasteiger partial charge in [-0.25, -0.2) is 9.97 Å². The molecule has 0 radical (unpaired) electrons. The Morgan fingerprint density at radius 3 is 2.81 bits per heavy atom. The van der Waals surface area contributed by atoms with Crippen molar-refractivity contribution >= 4 is 16.9 Å². The van der Waals surface area contributed by atoms with E-state index in [1.165, 1.54) is 18.5 Å². The third-order valence-electron chi connectivity index (χ3n) is 5.37. The molecule has 2 N–H and O–H groups in total. The van der Waals surface area contributed by atoms with E-state index in [0.29, 0.717) is 23.8 Å². The maximum Gasteiger partial charge on any atom is 0.573 e. The largest absolute Gasteiger partial charge is 0.573 e. The second-order valence-electron chi connectivity index (χ2n) is 7.62. The summed E-state index contributed by atoms with van der Waals surface area (Å²) in [6.07, 6.45) is 1.44. The minimum Gasteiger partial charge on any atom is -0.406 e. The van der Waals surface area contributed by atoms with E-state index < -0.39 is 6.36 Å². The van der Waals surface area contributed by atoms with Crippen LogP contribution in [0, 0.1) is 0 Å². The monoisotopic (exact) mass is 445 g/mol. The fourth-order valence-corrected chi connectivity index (χ4v) is 3.91. The molecule has 32 heavy (non-hydrogen) atoms. The fourth-order valence-electron chi connectivity index (χ4n) is 3.91. The Labute approximate surface area is 179 Å². The Hall–Kier alpha value is -3.70. The van der Waals surface area contributed by atoms with E-state index in [2.05, 4.69) is 40.4 Å². The molecule has 0 bridgehead atoms. The number of aromatic amines is 1. The van der Waals surface area contributed by atoms with Crippen LogP contribution < -0.4 is 10.1 Å². The highest BCUT2D eigenvalue weighted by atomic mass is 19.4. The molecule has 0 saturated heterocycles. The van der Waals surface area contributed by atoms with Gasteiger partial charge in [-0.1, -0.05) is 17.3 Å². The van der Waals surface area contributed by atoms with Gasteiger partial charge in [0.25, 0.3) is 0 Å². The molecule has 3 heterocycles. The van der Waals surface area contributed by atoms with E-state index in [9.17, 15) is 13.2 Å². The molecule has 1 aliphatic carbocycles. The lowest BCUT2D eigenvalue weighted by Gasteiger charge is -2.13. The average Bonchev–Trinajstić information content (AvgIpc) is 3.49. The first-order chi connectivity index (χ1) is 15.4. The number of anilines is 1. The standard InChI is InChI=1S/C20H18F3N7O2/c21-20(22,23)31-14-5-1-11(2-6-14)7-16-28-19(32-30-16)12-3-4-13(8-12)27-17-15-9-26-29-18(15)25-10-24-17/h1-2,5-6,9-10,12-13H,3-4,7-8H2,(H2,24,25,26,27,29)/t12-,13-/m0/s1. The van der Waals surface area contributed by atoms with Gasteiger partial charge in [-0.3, -0.25) is 5.10 Å². The summed E-state index contributed by atoms with van der Waals surface area (Å²) in [7, 11) is 0. The zero-order chi connectivity index (χ0) is 22.1. The second-order valence-corrected chi connectivity index (χ2v) is 7.62. The van der Waals surface area contributed by atoms with Gasteiger partial charge in [0.15, 0.2) is 11.5 Å². The van der Waals surface area contributed by atoms with Gasteiger partial charge in [0.2, 0.25) is 5.89 Å². The van der Waals surface area contributed by atoms with Gasteiger partial charge in [-0.05, 0) is 37.0 Å². The number of aromatic nitrogens is 6. The summed E-state index contributed by atoms with van der Waals surface area (Å²) >= 11 is 0. The van der Waals surface area contributed by atoms with E-state index in [0.717, 1.165) is 36.0 Å². The zero-order valence-corrected chi connectivity index (χ0v) is 16.6. The molecule has 9 nitrogen and oxygen atoms in total. The lowest BCUT2D eigenvalue weighted by molar-refractivity contribution is -0.274. The fraction of sp³-hybridized carbons (Fsp3) is 0.350. The van der Waals surface area contributed by atoms with Crippen molar-refractivity contribution in [2.75, 3.05) is 5.32 Å². The van der Waals surface area contributed by atoms with Crippen molar-refractivity contribution in [3.05, 3.63) is 54.1 Å². The predicted molar refractivity (Wildman–Crippen MR) is 106 cm³/mol. The third-order valence-corrected chi connectivity index (χ3v) is 5.37. The number of nitrogens with one attached hydrogen (secondary N) is 2. The van der Waals surface area contributed by atoms with E-state index in [-0.39, 0.29) is 17.7 Å². The normalized spacial score (nSPS) is 18.8. The van der Waals surface area contributed by atoms with Crippen LogP contribution in [0.2, 0.25) is 0 Å². The SMILES string of the molecule is FC(F)(F)Oc1ccc(Cc2noc([C@H]3CC[C@H](Nc4ncnc5[nH]ncc45)C3)n2)cc1. The van der Waals surface area contributed by atoms with E-state index in [1.54, 1.807) is 18.3 Å². The van der Waals surface area contributed by atoms with Crippen molar-refractivity contribution in [2.24, 2.45) is 0 Å².